The third-order valence-electron chi connectivity index (χ3n) is 4.59. The molecule has 0 bridgehead atoms. The van der Waals surface area contributed by atoms with Gasteiger partial charge in [-0.05, 0) is 49.2 Å². The van der Waals surface area contributed by atoms with Crippen LogP contribution in [-0.4, -0.2) is 29.6 Å². The van der Waals surface area contributed by atoms with Gasteiger partial charge >= 0.3 is 0 Å². The number of hydrogen-bond donors (Lipinski definition) is 0. The summed E-state index contributed by atoms with van der Waals surface area (Å²) in [6.45, 7) is 4.03. The molecule has 0 radical (unpaired) electrons. The van der Waals surface area contributed by atoms with Crippen molar-refractivity contribution in [2.75, 3.05) is 19.7 Å². The second kappa shape index (κ2) is 6.59. The Balaban J connectivity index is 1.42. The summed E-state index contributed by atoms with van der Waals surface area (Å²) in [5, 5.41) is 0. The summed E-state index contributed by atoms with van der Waals surface area (Å²) < 4.78 is 11.7. The Labute approximate surface area is 137 Å². The predicted octanol–water partition coefficient (Wildman–Crippen LogP) is 3.58. The van der Waals surface area contributed by atoms with E-state index in [2.05, 4.69) is 34.1 Å². The Bertz CT molecular complexity index is 651. The Morgan fingerprint density at radius 3 is 2.70 bits per heavy atom. The lowest BCUT2D eigenvalue weighted by Crippen LogP contribution is -2.29. The lowest BCUT2D eigenvalue weighted by atomic mass is 10.1. The van der Waals surface area contributed by atoms with Crippen molar-refractivity contribution in [3.63, 3.8) is 0 Å². The Hall–Kier alpha value is -2.07. The SMILES string of the molecule is c1cnc2c(c1)OC[C@@H](c1ccc(CN3CCCCC3)cc1)O2. The molecule has 1 atom stereocenters. The first-order valence-electron chi connectivity index (χ1n) is 8.44. The Kier molecular flexibility index (Phi) is 4.16. The number of ether oxygens (including phenoxy) is 2. The van der Waals surface area contributed by atoms with E-state index in [0.29, 0.717) is 12.5 Å². The molecule has 23 heavy (non-hydrogen) atoms. The van der Waals surface area contributed by atoms with Crippen LogP contribution in [0.4, 0.5) is 0 Å². The van der Waals surface area contributed by atoms with E-state index in [0.717, 1.165) is 17.9 Å². The van der Waals surface area contributed by atoms with Crippen molar-refractivity contribution < 1.29 is 9.47 Å². The molecule has 4 rings (SSSR count). The molecule has 0 aliphatic carbocycles. The summed E-state index contributed by atoms with van der Waals surface area (Å²) in [6, 6.07) is 12.5. The van der Waals surface area contributed by atoms with Gasteiger partial charge in [-0.3, -0.25) is 4.90 Å². The largest absolute Gasteiger partial charge is 0.484 e. The Morgan fingerprint density at radius 1 is 1.04 bits per heavy atom. The number of benzene rings is 1. The third-order valence-corrected chi connectivity index (χ3v) is 4.59. The first-order chi connectivity index (χ1) is 11.4. The molecule has 120 valence electrons. The van der Waals surface area contributed by atoms with Crippen LogP contribution in [0.15, 0.2) is 42.6 Å². The summed E-state index contributed by atoms with van der Waals surface area (Å²) in [5.74, 6) is 1.31. The van der Waals surface area contributed by atoms with Gasteiger partial charge in [0.1, 0.15) is 6.61 Å². The van der Waals surface area contributed by atoms with Crippen molar-refractivity contribution >= 4 is 0 Å². The van der Waals surface area contributed by atoms with Crippen LogP contribution in [-0.2, 0) is 6.54 Å². The first-order valence-corrected chi connectivity index (χ1v) is 8.44. The molecular weight excluding hydrogens is 288 g/mol. The van der Waals surface area contributed by atoms with Crippen molar-refractivity contribution in [2.24, 2.45) is 0 Å². The van der Waals surface area contributed by atoms with Crippen LogP contribution >= 0.6 is 0 Å². The van der Waals surface area contributed by atoms with Crippen LogP contribution in [0.5, 0.6) is 11.6 Å². The monoisotopic (exact) mass is 310 g/mol. The van der Waals surface area contributed by atoms with Crippen molar-refractivity contribution in [1.29, 1.82) is 0 Å². The average Bonchev–Trinajstić information content (AvgIpc) is 2.63. The highest BCUT2D eigenvalue weighted by atomic mass is 16.6. The zero-order valence-electron chi connectivity index (χ0n) is 13.3. The number of rotatable bonds is 3. The zero-order valence-corrected chi connectivity index (χ0v) is 13.3. The van der Waals surface area contributed by atoms with E-state index < -0.39 is 0 Å². The minimum absolute atomic E-state index is 0.0820. The third kappa shape index (κ3) is 3.32. The van der Waals surface area contributed by atoms with Gasteiger partial charge < -0.3 is 9.47 Å². The van der Waals surface area contributed by atoms with Gasteiger partial charge in [-0.1, -0.05) is 30.7 Å². The lowest BCUT2D eigenvalue weighted by molar-refractivity contribution is 0.0851. The number of piperidine rings is 1. The van der Waals surface area contributed by atoms with E-state index >= 15 is 0 Å². The number of hydrogen-bond acceptors (Lipinski definition) is 4. The number of nitrogens with zero attached hydrogens (tertiary/aromatic N) is 2. The first kappa shape index (κ1) is 14.5. The number of likely N-dealkylation sites (tertiary alicyclic amines) is 1. The number of fused-ring (bicyclic) bond motifs is 1. The maximum atomic E-state index is 5.96. The van der Waals surface area contributed by atoms with Crippen LogP contribution in [0.3, 0.4) is 0 Å². The number of aromatic nitrogens is 1. The van der Waals surface area contributed by atoms with E-state index in [1.54, 1.807) is 6.20 Å². The topological polar surface area (TPSA) is 34.6 Å². The highest BCUT2D eigenvalue weighted by Crippen LogP contribution is 2.33. The van der Waals surface area contributed by atoms with Crippen molar-refractivity contribution in [2.45, 2.75) is 31.9 Å². The van der Waals surface area contributed by atoms with Crippen LogP contribution in [0.25, 0.3) is 0 Å². The van der Waals surface area contributed by atoms with E-state index in [-0.39, 0.29) is 6.10 Å². The average molecular weight is 310 g/mol. The lowest BCUT2D eigenvalue weighted by Gasteiger charge is -2.27. The fourth-order valence-electron chi connectivity index (χ4n) is 3.29. The van der Waals surface area contributed by atoms with Crippen LogP contribution in [0, 0.1) is 0 Å². The molecule has 4 nitrogen and oxygen atoms in total. The molecular formula is C19H22N2O2. The summed E-state index contributed by atoms with van der Waals surface area (Å²) in [6.07, 6.45) is 5.69. The summed E-state index contributed by atoms with van der Waals surface area (Å²) >= 11 is 0. The molecule has 1 fully saturated rings. The molecule has 1 aromatic heterocycles. The van der Waals surface area contributed by atoms with Crippen molar-refractivity contribution in [3.05, 3.63) is 53.7 Å². The molecule has 4 heteroatoms. The van der Waals surface area contributed by atoms with Gasteiger partial charge in [0.15, 0.2) is 11.9 Å². The maximum absolute atomic E-state index is 5.96. The van der Waals surface area contributed by atoms with Gasteiger partial charge in [-0.25, -0.2) is 4.98 Å². The predicted molar refractivity (Wildman–Crippen MR) is 88.7 cm³/mol. The highest BCUT2D eigenvalue weighted by molar-refractivity contribution is 5.35. The van der Waals surface area contributed by atoms with Gasteiger partial charge in [0.25, 0.3) is 5.88 Å². The quantitative estimate of drug-likeness (QED) is 0.868. The molecule has 1 aromatic carbocycles. The summed E-state index contributed by atoms with van der Waals surface area (Å²) in [4.78, 5) is 6.78. The maximum Gasteiger partial charge on any atom is 0.257 e. The van der Waals surface area contributed by atoms with Crippen LogP contribution < -0.4 is 9.47 Å². The highest BCUT2D eigenvalue weighted by Gasteiger charge is 2.23. The fourth-order valence-corrected chi connectivity index (χ4v) is 3.29. The number of pyridine rings is 1. The van der Waals surface area contributed by atoms with Gasteiger partial charge in [0.2, 0.25) is 0 Å². The molecule has 0 saturated carbocycles. The van der Waals surface area contributed by atoms with E-state index in [1.807, 2.05) is 12.1 Å². The second-order valence-electron chi connectivity index (χ2n) is 6.30. The smallest absolute Gasteiger partial charge is 0.257 e. The molecule has 0 N–H and O–H groups in total. The van der Waals surface area contributed by atoms with Crippen molar-refractivity contribution in [3.8, 4) is 11.6 Å². The van der Waals surface area contributed by atoms with Gasteiger partial charge in [0, 0.05) is 12.7 Å². The molecule has 0 amide bonds. The minimum atomic E-state index is -0.0820. The normalized spacial score (nSPS) is 21.1. The van der Waals surface area contributed by atoms with Gasteiger partial charge in [-0.2, -0.15) is 0 Å². The molecule has 2 aliphatic rings. The van der Waals surface area contributed by atoms with Gasteiger partial charge in [0.05, 0.1) is 0 Å². The fraction of sp³-hybridized carbons (Fsp3) is 0.421. The molecule has 2 aromatic rings. The molecule has 0 spiro atoms. The Morgan fingerprint density at radius 2 is 1.87 bits per heavy atom. The molecule has 3 heterocycles. The van der Waals surface area contributed by atoms with Gasteiger partial charge in [-0.15, -0.1) is 0 Å². The standard InChI is InChI=1S/C19H22N2O2/c1-2-11-21(12-3-1)13-15-6-8-16(9-7-15)18-14-22-17-5-4-10-20-19(17)23-18/h4-10,18H,1-3,11-14H2/t18-/m0/s1. The molecule has 1 saturated heterocycles. The van der Waals surface area contributed by atoms with E-state index in [1.165, 1.54) is 37.9 Å². The zero-order chi connectivity index (χ0) is 15.5. The molecule has 2 aliphatic heterocycles. The summed E-state index contributed by atoms with van der Waals surface area (Å²) in [7, 11) is 0. The van der Waals surface area contributed by atoms with Crippen LogP contribution in [0.1, 0.15) is 36.5 Å². The summed E-state index contributed by atoms with van der Waals surface area (Å²) in [5.41, 5.74) is 2.51. The second-order valence-corrected chi connectivity index (χ2v) is 6.30. The van der Waals surface area contributed by atoms with Crippen molar-refractivity contribution in [1.82, 2.24) is 9.88 Å². The van der Waals surface area contributed by atoms with E-state index in [4.69, 9.17) is 9.47 Å². The molecule has 0 unspecified atom stereocenters. The van der Waals surface area contributed by atoms with E-state index in [9.17, 15) is 0 Å². The van der Waals surface area contributed by atoms with Crippen LogP contribution in [0.2, 0.25) is 0 Å². The minimum Gasteiger partial charge on any atom is -0.484 e.